The van der Waals surface area contributed by atoms with Gasteiger partial charge >= 0.3 is 21.2 Å². The number of hydrogen-bond acceptors (Lipinski definition) is 4. The number of aliphatic hydroxyl groups excluding tert-OH is 1. The number of benzene rings is 2. The molecule has 2 rings (SSSR count). The lowest BCUT2D eigenvalue weighted by Gasteiger charge is -2.08. The van der Waals surface area contributed by atoms with Crippen LogP contribution in [-0.4, -0.2) is 38.6 Å². The molecule has 0 aliphatic rings. The molecule has 0 radical (unpaired) electrons. The summed E-state index contributed by atoms with van der Waals surface area (Å²) in [4.78, 5) is 0. The highest BCUT2D eigenvalue weighted by molar-refractivity contribution is 5.32. The van der Waals surface area contributed by atoms with E-state index in [1.807, 2.05) is 18.2 Å². The molecule has 1 N–H and O–H groups in total. The highest BCUT2D eigenvalue weighted by atomic mass is 127. The van der Waals surface area contributed by atoms with E-state index in [9.17, 15) is 0 Å². The van der Waals surface area contributed by atoms with Gasteiger partial charge < -0.3 is 19.3 Å². The predicted octanol–water partition coefficient (Wildman–Crippen LogP) is -0.789. The summed E-state index contributed by atoms with van der Waals surface area (Å²) in [7, 11) is 1.68. The molecular formula is C17H20IO4+. The van der Waals surface area contributed by atoms with Gasteiger partial charge in [-0.05, 0) is 24.3 Å². The third-order valence-corrected chi connectivity index (χ3v) is 5.61. The van der Waals surface area contributed by atoms with Crippen molar-refractivity contribution in [2.75, 3.05) is 33.5 Å². The van der Waals surface area contributed by atoms with E-state index in [0.717, 1.165) is 11.5 Å². The van der Waals surface area contributed by atoms with Gasteiger partial charge in [-0.2, -0.15) is 0 Å². The second-order valence-corrected chi connectivity index (χ2v) is 7.32. The highest BCUT2D eigenvalue weighted by Gasteiger charge is 2.21. The van der Waals surface area contributed by atoms with Gasteiger partial charge in [-0.3, -0.25) is 0 Å². The van der Waals surface area contributed by atoms with E-state index in [1.165, 1.54) is 7.14 Å². The Bertz CT molecular complexity index is 560. The summed E-state index contributed by atoms with van der Waals surface area (Å²) in [6.07, 6.45) is 0. The summed E-state index contributed by atoms with van der Waals surface area (Å²) >= 11 is -0.267. The van der Waals surface area contributed by atoms with E-state index in [4.69, 9.17) is 19.3 Å². The van der Waals surface area contributed by atoms with Crippen LogP contribution in [0, 0.1) is 7.14 Å². The monoisotopic (exact) mass is 415 g/mol. The zero-order valence-corrected chi connectivity index (χ0v) is 14.7. The first-order valence-electron chi connectivity index (χ1n) is 7.03. The summed E-state index contributed by atoms with van der Waals surface area (Å²) in [5, 5.41) is 8.62. The van der Waals surface area contributed by atoms with E-state index in [-0.39, 0.29) is 27.8 Å². The maximum absolute atomic E-state index is 8.62. The minimum Gasteiger partial charge on any atom is -0.492 e. The molecule has 118 valence electrons. The molecule has 0 aromatic heterocycles. The van der Waals surface area contributed by atoms with Crippen molar-refractivity contribution < 1.29 is 40.5 Å². The number of ether oxygens (including phenoxy) is 3. The first-order valence-corrected chi connectivity index (χ1v) is 9.18. The van der Waals surface area contributed by atoms with E-state index >= 15 is 0 Å². The molecule has 0 aliphatic heterocycles. The van der Waals surface area contributed by atoms with Crippen LogP contribution in [0.15, 0.2) is 48.5 Å². The maximum atomic E-state index is 8.62. The Morgan fingerprint density at radius 3 is 2.55 bits per heavy atom. The van der Waals surface area contributed by atoms with Gasteiger partial charge in [0.2, 0.25) is 3.57 Å². The third kappa shape index (κ3) is 5.47. The summed E-state index contributed by atoms with van der Waals surface area (Å²) in [6, 6.07) is 16.4. The molecule has 0 amide bonds. The average molecular weight is 415 g/mol. The number of rotatable bonds is 9. The Morgan fingerprint density at radius 1 is 1.00 bits per heavy atom. The minimum absolute atomic E-state index is 0.0334. The van der Waals surface area contributed by atoms with Crippen molar-refractivity contribution in [1.29, 1.82) is 0 Å². The molecule has 2 aromatic rings. The standard InChI is InChI=1S/C17H20IO4/c1-20-17-13-15(22-12-11-21-10-9-19)7-8-16(17)18-14-5-3-2-4-6-14/h2-8,13,19H,9-12H2,1H3/q+1. The highest BCUT2D eigenvalue weighted by Crippen LogP contribution is 2.19. The van der Waals surface area contributed by atoms with Crippen molar-refractivity contribution in [2.24, 2.45) is 0 Å². The van der Waals surface area contributed by atoms with Gasteiger partial charge in [-0.15, -0.1) is 0 Å². The van der Waals surface area contributed by atoms with Gasteiger partial charge in [-0.25, -0.2) is 0 Å². The summed E-state index contributed by atoms with van der Waals surface area (Å²) in [5.41, 5.74) is 0. The lowest BCUT2D eigenvalue weighted by molar-refractivity contribution is -0.598. The van der Waals surface area contributed by atoms with Crippen LogP contribution in [-0.2, 0) is 4.74 Å². The van der Waals surface area contributed by atoms with Crippen LogP contribution in [0.1, 0.15) is 0 Å². The quantitative estimate of drug-likeness (QED) is 0.431. The lowest BCUT2D eigenvalue weighted by atomic mass is 10.3. The van der Waals surface area contributed by atoms with E-state index in [1.54, 1.807) is 7.11 Å². The van der Waals surface area contributed by atoms with Crippen LogP contribution in [0.25, 0.3) is 0 Å². The van der Waals surface area contributed by atoms with E-state index < -0.39 is 0 Å². The van der Waals surface area contributed by atoms with Crippen LogP contribution in [0.2, 0.25) is 0 Å². The fourth-order valence-electron chi connectivity index (χ4n) is 1.79. The van der Waals surface area contributed by atoms with Crippen LogP contribution in [0.4, 0.5) is 0 Å². The van der Waals surface area contributed by atoms with Gasteiger partial charge in [0.25, 0.3) is 0 Å². The lowest BCUT2D eigenvalue weighted by Crippen LogP contribution is -3.61. The van der Waals surface area contributed by atoms with Gasteiger partial charge in [-0.1, -0.05) is 18.2 Å². The first-order chi connectivity index (χ1) is 10.8. The molecule has 0 heterocycles. The normalized spacial score (nSPS) is 10.5. The Labute approximate surface area is 141 Å². The SMILES string of the molecule is COc1cc(OCCOCCO)ccc1[I+]c1ccccc1. The molecule has 0 unspecified atom stereocenters. The summed E-state index contributed by atoms with van der Waals surface area (Å²) < 4.78 is 18.9. The Kier molecular flexibility index (Phi) is 7.48. The first kappa shape index (κ1) is 17.1. The topological polar surface area (TPSA) is 47.9 Å². The van der Waals surface area contributed by atoms with Crippen LogP contribution < -0.4 is 30.7 Å². The number of aliphatic hydroxyl groups is 1. The largest absolute Gasteiger partial charge is 0.492 e. The Morgan fingerprint density at radius 2 is 1.82 bits per heavy atom. The molecule has 2 aromatic carbocycles. The molecular weight excluding hydrogens is 395 g/mol. The summed E-state index contributed by atoms with van der Waals surface area (Å²) in [6.45, 7) is 1.29. The van der Waals surface area contributed by atoms with Gasteiger partial charge in [0.1, 0.15) is 12.4 Å². The molecule has 0 saturated heterocycles. The van der Waals surface area contributed by atoms with Crippen LogP contribution in [0.3, 0.4) is 0 Å². The third-order valence-electron chi connectivity index (χ3n) is 2.80. The molecule has 0 saturated carbocycles. The molecule has 0 atom stereocenters. The Hall–Kier alpha value is -1.31. The molecule has 4 nitrogen and oxygen atoms in total. The van der Waals surface area contributed by atoms with Gasteiger partial charge in [0.05, 0.1) is 26.9 Å². The molecule has 0 bridgehead atoms. The number of hydrogen-bond donors (Lipinski definition) is 1. The van der Waals surface area contributed by atoms with E-state index in [0.29, 0.717) is 19.8 Å². The van der Waals surface area contributed by atoms with Crippen molar-refractivity contribution >= 4 is 0 Å². The van der Waals surface area contributed by atoms with Crippen LogP contribution >= 0.6 is 0 Å². The maximum Gasteiger partial charge on any atom is 0.362 e. The van der Waals surface area contributed by atoms with Crippen molar-refractivity contribution in [3.63, 3.8) is 0 Å². The van der Waals surface area contributed by atoms with Crippen molar-refractivity contribution in [3.8, 4) is 11.5 Å². The second-order valence-electron chi connectivity index (χ2n) is 4.37. The average Bonchev–Trinajstić information content (AvgIpc) is 2.57. The van der Waals surface area contributed by atoms with Crippen molar-refractivity contribution in [3.05, 3.63) is 55.7 Å². The minimum atomic E-state index is -0.267. The molecule has 5 heteroatoms. The van der Waals surface area contributed by atoms with Crippen molar-refractivity contribution in [1.82, 2.24) is 0 Å². The molecule has 0 fully saturated rings. The zero-order valence-electron chi connectivity index (χ0n) is 12.5. The number of halogens is 1. The molecule has 0 aliphatic carbocycles. The van der Waals surface area contributed by atoms with Crippen LogP contribution in [0.5, 0.6) is 11.5 Å². The predicted molar refractivity (Wildman–Crippen MR) is 80.2 cm³/mol. The van der Waals surface area contributed by atoms with Crippen molar-refractivity contribution in [2.45, 2.75) is 0 Å². The Balaban J connectivity index is 1.95. The van der Waals surface area contributed by atoms with E-state index in [2.05, 4.69) is 30.3 Å². The fourth-order valence-corrected chi connectivity index (χ4v) is 4.24. The number of methoxy groups -OCH3 is 1. The van der Waals surface area contributed by atoms with Gasteiger partial charge in [0.15, 0.2) is 9.32 Å². The van der Waals surface area contributed by atoms with Gasteiger partial charge in [0, 0.05) is 6.07 Å². The molecule has 0 spiro atoms. The second kappa shape index (κ2) is 9.66. The zero-order chi connectivity index (χ0) is 15.6. The smallest absolute Gasteiger partial charge is 0.362 e. The summed E-state index contributed by atoms with van der Waals surface area (Å²) in [5.74, 6) is 1.63. The molecule has 22 heavy (non-hydrogen) atoms. The fraction of sp³-hybridized carbons (Fsp3) is 0.294.